The highest BCUT2D eigenvalue weighted by Gasteiger charge is 2.07. The maximum absolute atomic E-state index is 12.8. The van der Waals surface area contributed by atoms with Gasteiger partial charge in [-0.25, -0.2) is 9.98 Å². The van der Waals surface area contributed by atoms with Crippen molar-refractivity contribution in [3.8, 4) is 5.75 Å². The third kappa shape index (κ3) is 3.38. The number of nitrogens with zero attached hydrogens (tertiary/aromatic N) is 3. The van der Waals surface area contributed by atoms with Gasteiger partial charge in [0.15, 0.2) is 4.80 Å². The third-order valence-electron chi connectivity index (χ3n) is 3.70. The minimum Gasteiger partial charge on any atom is -0.497 e. The first kappa shape index (κ1) is 16.4. The summed E-state index contributed by atoms with van der Waals surface area (Å²) in [6.07, 6.45) is 3.65. The van der Waals surface area contributed by atoms with E-state index in [1.165, 1.54) is 11.3 Å². The number of pyridine rings is 1. The average molecular weight is 341 g/mol. The zero-order valence-corrected chi connectivity index (χ0v) is 14.5. The molecule has 0 aliphatic heterocycles. The van der Waals surface area contributed by atoms with Crippen molar-refractivity contribution in [3.63, 3.8) is 0 Å². The predicted molar refractivity (Wildman–Crippen MR) is 97.0 cm³/mol. The Hall–Kier alpha value is -2.47. The van der Waals surface area contributed by atoms with Gasteiger partial charge in [0.25, 0.3) is 5.56 Å². The number of methoxy groups -OCH3 is 1. The van der Waals surface area contributed by atoms with Gasteiger partial charge in [-0.05, 0) is 42.8 Å². The molecule has 0 unspecified atom stereocenters. The van der Waals surface area contributed by atoms with Crippen LogP contribution in [0, 0.1) is 0 Å². The Kier molecular flexibility index (Phi) is 5.05. The van der Waals surface area contributed by atoms with Gasteiger partial charge in [-0.3, -0.25) is 9.36 Å². The molecule has 6 heteroatoms. The molecule has 0 saturated heterocycles. The molecule has 0 saturated carbocycles. The average Bonchev–Trinajstić information content (AvgIpc) is 2.62. The largest absolute Gasteiger partial charge is 0.497 e. The van der Waals surface area contributed by atoms with E-state index in [1.807, 2.05) is 30.3 Å². The summed E-state index contributed by atoms with van der Waals surface area (Å²) in [7, 11) is 1.63. The van der Waals surface area contributed by atoms with Gasteiger partial charge in [0.2, 0.25) is 0 Å². The summed E-state index contributed by atoms with van der Waals surface area (Å²) in [5.41, 5.74) is 0.754. The lowest BCUT2D eigenvalue weighted by Crippen LogP contribution is -2.32. The quantitative estimate of drug-likeness (QED) is 0.714. The fourth-order valence-corrected chi connectivity index (χ4v) is 3.36. The van der Waals surface area contributed by atoms with Crippen LogP contribution in [0.4, 0.5) is 5.69 Å². The molecule has 124 valence electrons. The molecular weight excluding hydrogens is 322 g/mol. The second-order valence-electron chi connectivity index (χ2n) is 5.36. The van der Waals surface area contributed by atoms with Crippen LogP contribution in [0.15, 0.2) is 52.4 Å². The number of hydrogen-bond acceptors (Lipinski definition) is 5. The smallest absolute Gasteiger partial charge is 0.263 e. The zero-order valence-electron chi connectivity index (χ0n) is 13.7. The Morgan fingerprint density at radius 1 is 1.25 bits per heavy atom. The van der Waals surface area contributed by atoms with Crippen molar-refractivity contribution >= 4 is 27.2 Å². The SMILES string of the molecule is CCCCn1c(=O)c2cccnc2s/c1=N\c1ccc(OC)cc1. The van der Waals surface area contributed by atoms with Gasteiger partial charge in [0.1, 0.15) is 10.6 Å². The van der Waals surface area contributed by atoms with E-state index in [-0.39, 0.29) is 5.56 Å². The Balaban J connectivity index is 2.19. The van der Waals surface area contributed by atoms with Crippen LogP contribution in [0.2, 0.25) is 0 Å². The normalized spacial score (nSPS) is 11.8. The monoisotopic (exact) mass is 341 g/mol. The highest BCUT2D eigenvalue weighted by Crippen LogP contribution is 2.17. The van der Waals surface area contributed by atoms with Gasteiger partial charge in [-0.2, -0.15) is 0 Å². The van der Waals surface area contributed by atoms with Crippen LogP contribution in [-0.4, -0.2) is 16.7 Å². The lowest BCUT2D eigenvalue weighted by molar-refractivity contribution is 0.415. The lowest BCUT2D eigenvalue weighted by atomic mass is 10.3. The van der Waals surface area contributed by atoms with Gasteiger partial charge < -0.3 is 4.74 Å². The van der Waals surface area contributed by atoms with Crippen LogP contribution in [0.3, 0.4) is 0 Å². The molecule has 0 spiro atoms. The summed E-state index contributed by atoms with van der Waals surface area (Å²) >= 11 is 1.44. The molecule has 0 atom stereocenters. The van der Waals surface area contributed by atoms with Crippen molar-refractivity contribution in [3.05, 3.63) is 57.8 Å². The van der Waals surface area contributed by atoms with Crippen molar-refractivity contribution in [2.45, 2.75) is 26.3 Å². The minimum atomic E-state index is -0.0300. The number of unbranched alkanes of at least 4 members (excludes halogenated alkanes) is 1. The van der Waals surface area contributed by atoms with Crippen molar-refractivity contribution < 1.29 is 4.74 Å². The zero-order chi connectivity index (χ0) is 16.9. The molecule has 0 radical (unpaired) electrons. The number of fused-ring (bicyclic) bond motifs is 1. The number of aromatic nitrogens is 2. The fourth-order valence-electron chi connectivity index (χ4n) is 2.37. The first-order valence-corrected chi connectivity index (χ1v) is 8.72. The molecule has 0 aliphatic carbocycles. The summed E-state index contributed by atoms with van der Waals surface area (Å²) in [5, 5.41) is 0.646. The van der Waals surface area contributed by atoms with Crippen LogP contribution >= 0.6 is 11.3 Å². The van der Waals surface area contributed by atoms with E-state index in [2.05, 4.69) is 16.9 Å². The number of ether oxygens (including phenoxy) is 1. The minimum absolute atomic E-state index is 0.0300. The second-order valence-corrected chi connectivity index (χ2v) is 6.32. The third-order valence-corrected chi connectivity index (χ3v) is 4.71. The molecule has 0 fully saturated rings. The first-order chi connectivity index (χ1) is 11.7. The van der Waals surface area contributed by atoms with Gasteiger partial charge in [-0.15, -0.1) is 0 Å². The van der Waals surface area contributed by atoms with E-state index in [0.717, 1.165) is 24.3 Å². The highest BCUT2D eigenvalue weighted by atomic mass is 32.1. The number of hydrogen-bond donors (Lipinski definition) is 0. The predicted octanol–water partition coefficient (Wildman–Crippen LogP) is 3.50. The molecule has 0 amide bonds. The van der Waals surface area contributed by atoms with Crippen LogP contribution in [0.25, 0.3) is 10.2 Å². The van der Waals surface area contributed by atoms with Crippen LogP contribution in [0.5, 0.6) is 5.75 Å². The van der Waals surface area contributed by atoms with Crippen molar-refractivity contribution in [2.75, 3.05) is 7.11 Å². The molecule has 24 heavy (non-hydrogen) atoms. The maximum Gasteiger partial charge on any atom is 0.263 e. The van der Waals surface area contributed by atoms with Gasteiger partial charge >= 0.3 is 0 Å². The highest BCUT2D eigenvalue weighted by molar-refractivity contribution is 7.15. The van der Waals surface area contributed by atoms with E-state index in [4.69, 9.17) is 4.74 Å². The van der Waals surface area contributed by atoms with E-state index in [9.17, 15) is 4.79 Å². The lowest BCUT2D eigenvalue weighted by Gasteiger charge is -2.07. The molecule has 5 nitrogen and oxygen atoms in total. The summed E-state index contributed by atoms with van der Waals surface area (Å²) < 4.78 is 6.92. The Labute approximate surface area is 143 Å². The number of benzene rings is 1. The van der Waals surface area contributed by atoms with Crippen molar-refractivity contribution in [2.24, 2.45) is 4.99 Å². The van der Waals surface area contributed by atoms with E-state index < -0.39 is 0 Å². The topological polar surface area (TPSA) is 56.5 Å². The fraction of sp³-hybridized carbons (Fsp3) is 0.278. The molecule has 1 aromatic carbocycles. The summed E-state index contributed by atoms with van der Waals surface area (Å²) in [5.74, 6) is 0.779. The van der Waals surface area contributed by atoms with Gasteiger partial charge in [-0.1, -0.05) is 24.7 Å². The summed E-state index contributed by atoms with van der Waals surface area (Å²) in [6, 6.07) is 11.1. The van der Waals surface area contributed by atoms with Crippen LogP contribution in [-0.2, 0) is 6.54 Å². The van der Waals surface area contributed by atoms with Gasteiger partial charge in [0, 0.05) is 12.7 Å². The van der Waals surface area contributed by atoms with Crippen LogP contribution in [0.1, 0.15) is 19.8 Å². The maximum atomic E-state index is 12.8. The molecule has 2 heterocycles. The standard InChI is InChI=1S/C18H19N3O2S/c1-3-4-12-21-17(22)15-6-5-11-19-16(15)24-18(21)20-13-7-9-14(23-2)10-8-13/h5-11H,3-4,12H2,1-2H3/b20-18-. The molecule has 2 aromatic heterocycles. The van der Waals surface area contributed by atoms with Crippen molar-refractivity contribution in [1.82, 2.24) is 9.55 Å². The summed E-state index contributed by atoms with van der Waals surface area (Å²) in [6.45, 7) is 2.77. The molecule has 0 bridgehead atoms. The molecular formula is C18H19N3O2S. The van der Waals surface area contributed by atoms with E-state index in [0.29, 0.717) is 21.6 Å². The summed E-state index contributed by atoms with van der Waals surface area (Å²) in [4.78, 5) is 23.2. The first-order valence-electron chi connectivity index (χ1n) is 7.90. The molecule has 0 N–H and O–H groups in total. The van der Waals surface area contributed by atoms with Gasteiger partial charge in [0.05, 0.1) is 18.2 Å². The Morgan fingerprint density at radius 2 is 2.04 bits per heavy atom. The van der Waals surface area contributed by atoms with Crippen LogP contribution < -0.4 is 15.1 Å². The Morgan fingerprint density at radius 3 is 2.75 bits per heavy atom. The molecule has 3 rings (SSSR count). The van der Waals surface area contributed by atoms with E-state index in [1.54, 1.807) is 23.9 Å². The van der Waals surface area contributed by atoms with E-state index >= 15 is 0 Å². The molecule has 0 aliphatic rings. The number of rotatable bonds is 5. The Bertz CT molecular complexity index is 958. The second kappa shape index (κ2) is 7.40. The van der Waals surface area contributed by atoms with Crippen molar-refractivity contribution in [1.29, 1.82) is 0 Å². The molecule has 3 aromatic rings.